The first-order valence-corrected chi connectivity index (χ1v) is 11.2. The second-order valence-electron chi connectivity index (χ2n) is 7.58. The molecule has 176 valence electrons. The number of aromatic nitrogens is 4. The molecule has 0 fully saturated rings. The van der Waals surface area contributed by atoms with Crippen LogP contribution in [0.5, 0.6) is 0 Å². The summed E-state index contributed by atoms with van der Waals surface area (Å²) in [5.74, 6) is 0.0519. The van der Waals surface area contributed by atoms with Crippen LogP contribution >= 0.6 is 11.6 Å². The Kier molecular flexibility index (Phi) is 8.21. The van der Waals surface area contributed by atoms with Crippen molar-refractivity contribution in [3.8, 4) is 0 Å². The van der Waals surface area contributed by atoms with Gasteiger partial charge in [0, 0.05) is 0 Å². The van der Waals surface area contributed by atoms with Gasteiger partial charge in [0.1, 0.15) is 11.6 Å². The Bertz CT molecular complexity index is 1160. The second kappa shape index (κ2) is 11.7. The standard InChI is InChI=1S/C25H26ClN5O3/c1-2-21(31-17-28-22-23(26)29-25(27)30-24(22)31)34-20(15-32-13-18-9-5-3-6-10-18)16-33-14-19-11-7-4-8-12-19/h2-12,17,20-21H,1,13-16H2,(H2,27,29,30)/t21-/m0/s1. The molecule has 0 saturated carbocycles. The van der Waals surface area contributed by atoms with E-state index in [1.165, 1.54) is 0 Å². The van der Waals surface area contributed by atoms with Crippen LogP contribution in [0.2, 0.25) is 5.15 Å². The monoisotopic (exact) mass is 479 g/mol. The summed E-state index contributed by atoms with van der Waals surface area (Å²) in [5, 5.41) is 0.179. The summed E-state index contributed by atoms with van der Waals surface area (Å²) in [6.07, 6.45) is 2.24. The van der Waals surface area contributed by atoms with Crippen molar-refractivity contribution in [1.29, 1.82) is 0 Å². The van der Waals surface area contributed by atoms with Gasteiger partial charge in [-0.1, -0.05) is 78.8 Å². The molecule has 0 unspecified atom stereocenters. The number of hydrogen-bond acceptors (Lipinski definition) is 7. The molecule has 34 heavy (non-hydrogen) atoms. The van der Waals surface area contributed by atoms with Crippen molar-refractivity contribution in [1.82, 2.24) is 19.5 Å². The van der Waals surface area contributed by atoms with Crippen LogP contribution in [-0.2, 0) is 27.4 Å². The van der Waals surface area contributed by atoms with Crippen molar-refractivity contribution >= 4 is 28.7 Å². The number of halogens is 1. The number of benzene rings is 2. The lowest BCUT2D eigenvalue weighted by atomic mass is 10.2. The molecule has 4 aromatic rings. The van der Waals surface area contributed by atoms with Crippen molar-refractivity contribution in [3.63, 3.8) is 0 Å². The van der Waals surface area contributed by atoms with E-state index in [4.69, 9.17) is 31.5 Å². The number of hydrogen-bond donors (Lipinski definition) is 1. The molecule has 9 heteroatoms. The molecule has 0 amide bonds. The Hall–Kier alpha value is -3.30. The maximum atomic E-state index is 6.32. The summed E-state index contributed by atoms with van der Waals surface area (Å²) >= 11 is 6.17. The Morgan fingerprint density at radius 1 is 0.941 bits per heavy atom. The van der Waals surface area contributed by atoms with Crippen LogP contribution < -0.4 is 5.73 Å². The fourth-order valence-electron chi connectivity index (χ4n) is 3.41. The Labute approximate surface area is 203 Å². The number of nitrogens with zero attached hydrogens (tertiary/aromatic N) is 4. The summed E-state index contributed by atoms with van der Waals surface area (Å²) in [6.45, 7) is 5.48. The number of nitrogen functional groups attached to an aromatic ring is 1. The average Bonchev–Trinajstić information content (AvgIpc) is 3.27. The molecule has 4 rings (SSSR count). The van der Waals surface area contributed by atoms with Crippen LogP contribution in [0.1, 0.15) is 17.4 Å². The van der Waals surface area contributed by atoms with E-state index in [0.717, 1.165) is 11.1 Å². The molecule has 8 nitrogen and oxygen atoms in total. The predicted molar refractivity (Wildman–Crippen MR) is 131 cm³/mol. The molecule has 0 aliphatic heterocycles. The fraction of sp³-hybridized carbons (Fsp3) is 0.240. The molecule has 0 bridgehead atoms. The maximum absolute atomic E-state index is 6.32. The van der Waals surface area contributed by atoms with Gasteiger partial charge >= 0.3 is 0 Å². The van der Waals surface area contributed by atoms with Gasteiger partial charge in [-0.25, -0.2) is 4.98 Å². The number of fused-ring (bicyclic) bond motifs is 1. The van der Waals surface area contributed by atoms with Gasteiger partial charge in [-0.15, -0.1) is 0 Å². The molecule has 0 saturated heterocycles. The lowest BCUT2D eigenvalue weighted by molar-refractivity contribution is -0.103. The van der Waals surface area contributed by atoms with E-state index in [0.29, 0.717) is 37.6 Å². The van der Waals surface area contributed by atoms with Gasteiger partial charge in [-0.2, -0.15) is 9.97 Å². The highest BCUT2D eigenvalue weighted by molar-refractivity contribution is 6.33. The van der Waals surface area contributed by atoms with Crippen molar-refractivity contribution in [2.24, 2.45) is 0 Å². The summed E-state index contributed by atoms with van der Waals surface area (Å²) in [5.41, 5.74) is 8.83. The zero-order valence-electron chi connectivity index (χ0n) is 18.6. The Morgan fingerprint density at radius 2 is 1.53 bits per heavy atom. The normalized spacial score (nSPS) is 12.3. The minimum absolute atomic E-state index is 0.0519. The van der Waals surface area contributed by atoms with Gasteiger partial charge in [0.25, 0.3) is 0 Å². The van der Waals surface area contributed by atoms with Gasteiger partial charge in [-0.05, 0) is 17.2 Å². The third-order valence-corrected chi connectivity index (χ3v) is 5.30. The minimum Gasteiger partial charge on any atom is -0.374 e. The first-order valence-electron chi connectivity index (χ1n) is 10.8. The molecule has 0 aliphatic rings. The zero-order valence-corrected chi connectivity index (χ0v) is 19.3. The van der Waals surface area contributed by atoms with Crippen molar-refractivity contribution < 1.29 is 14.2 Å². The van der Waals surface area contributed by atoms with E-state index < -0.39 is 6.23 Å². The van der Waals surface area contributed by atoms with E-state index in [1.54, 1.807) is 17.0 Å². The molecule has 0 radical (unpaired) electrons. The number of rotatable bonds is 12. The number of anilines is 1. The SMILES string of the molecule is C=C[C@H](OC(COCc1ccccc1)COCc1ccccc1)n1cnc2c(Cl)nc(N)nc21. The molecule has 0 spiro atoms. The third-order valence-electron chi connectivity index (χ3n) is 5.03. The molecule has 2 aromatic heterocycles. The van der Waals surface area contributed by atoms with E-state index in [-0.39, 0.29) is 17.2 Å². The maximum Gasteiger partial charge on any atom is 0.223 e. The van der Waals surface area contributed by atoms with Gasteiger partial charge in [0.15, 0.2) is 17.0 Å². The van der Waals surface area contributed by atoms with Gasteiger partial charge in [0.2, 0.25) is 5.95 Å². The lowest BCUT2D eigenvalue weighted by Gasteiger charge is -2.24. The largest absolute Gasteiger partial charge is 0.374 e. The summed E-state index contributed by atoms with van der Waals surface area (Å²) in [6, 6.07) is 19.9. The predicted octanol–water partition coefficient (Wildman–Crippen LogP) is 4.57. The highest BCUT2D eigenvalue weighted by atomic mass is 35.5. The van der Waals surface area contributed by atoms with Crippen LogP contribution in [0.15, 0.2) is 79.6 Å². The van der Waals surface area contributed by atoms with Crippen molar-refractivity contribution in [2.45, 2.75) is 25.5 Å². The van der Waals surface area contributed by atoms with E-state index >= 15 is 0 Å². The molecular weight excluding hydrogens is 454 g/mol. The topological polar surface area (TPSA) is 97.3 Å². The molecule has 2 N–H and O–H groups in total. The molecule has 1 atom stereocenters. The number of ether oxygens (including phenoxy) is 3. The molecule has 2 aromatic carbocycles. The molecule has 0 aliphatic carbocycles. The van der Waals surface area contributed by atoms with Crippen LogP contribution in [-0.4, -0.2) is 38.8 Å². The van der Waals surface area contributed by atoms with Crippen LogP contribution in [0, 0.1) is 0 Å². The highest BCUT2D eigenvalue weighted by Crippen LogP contribution is 2.24. The van der Waals surface area contributed by atoms with E-state index in [1.807, 2.05) is 60.7 Å². The van der Waals surface area contributed by atoms with Crippen LogP contribution in [0.4, 0.5) is 5.95 Å². The van der Waals surface area contributed by atoms with Gasteiger partial charge in [0.05, 0.1) is 32.8 Å². The van der Waals surface area contributed by atoms with E-state index in [2.05, 4.69) is 21.5 Å². The highest BCUT2D eigenvalue weighted by Gasteiger charge is 2.21. The second-order valence-corrected chi connectivity index (χ2v) is 7.94. The van der Waals surface area contributed by atoms with Crippen molar-refractivity contribution in [2.75, 3.05) is 18.9 Å². The quantitative estimate of drug-likeness (QED) is 0.235. The Morgan fingerprint density at radius 3 is 2.09 bits per heavy atom. The number of nitrogens with two attached hydrogens (primary N) is 1. The lowest BCUT2D eigenvalue weighted by Crippen LogP contribution is -2.29. The van der Waals surface area contributed by atoms with Crippen LogP contribution in [0.3, 0.4) is 0 Å². The van der Waals surface area contributed by atoms with Crippen molar-refractivity contribution in [3.05, 3.63) is 95.9 Å². The summed E-state index contributed by atoms with van der Waals surface area (Å²) < 4.78 is 19.9. The summed E-state index contributed by atoms with van der Waals surface area (Å²) in [7, 11) is 0. The smallest absolute Gasteiger partial charge is 0.223 e. The molecular formula is C25H26ClN5O3. The summed E-state index contributed by atoms with van der Waals surface area (Å²) in [4.78, 5) is 12.5. The number of imidazole rings is 1. The molecule has 2 heterocycles. The minimum atomic E-state index is -0.596. The Balaban J connectivity index is 1.46. The third kappa shape index (κ3) is 6.18. The fourth-order valence-corrected chi connectivity index (χ4v) is 3.63. The van der Waals surface area contributed by atoms with Gasteiger partial charge < -0.3 is 19.9 Å². The first-order chi connectivity index (χ1) is 16.6. The average molecular weight is 480 g/mol. The van der Waals surface area contributed by atoms with Gasteiger partial charge in [-0.3, -0.25) is 4.57 Å². The first kappa shape index (κ1) is 23.8. The zero-order chi connectivity index (χ0) is 23.8. The van der Waals surface area contributed by atoms with E-state index in [9.17, 15) is 0 Å². The van der Waals surface area contributed by atoms with Crippen LogP contribution in [0.25, 0.3) is 11.2 Å².